The number of anilines is 1. The molecule has 0 aliphatic carbocycles. The molecule has 18 heavy (non-hydrogen) atoms. The average molecular weight is 271 g/mol. The van der Waals surface area contributed by atoms with Crippen LogP contribution in [-0.2, 0) is 9.84 Å². The number of rotatable bonds is 4. The second kappa shape index (κ2) is 5.30. The van der Waals surface area contributed by atoms with Gasteiger partial charge in [0.15, 0.2) is 9.84 Å². The van der Waals surface area contributed by atoms with Gasteiger partial charge in [0.05, 0.1) is 17.5 Å². The Kier molecular flexibility index (Phi) is 3.94. The lowest BCUT2D eigenvalue weighted by Crippen LogP contribution is -2.28. The molecule has 1 unspecified atom stereocenters. The van der Waals surface area contributed by atoms with Gasteiger partial charge in [-0.05, 0) is 18.8 Å². The number of imidazole rings is 1. The van der Waals surface area contributed by atoms with Crippen molar-refractivity contribution in [3.63, 3.8) is 0 Å². The Labute approximate surface area is 109 Å². The van der Waals surface area contributed by atoms with Crippen molar-refractivity contribution in [1.82, 2.24) is 9.55 Å². The normalized spacial score (nSPS) is 23.2. The minimum absolute atomic E-state index is 0.0286. The predicted molar refractivity (Wildman–Crippen MR) is 72.5 cm³/mol. The van der Waals surface area contributed by atoms with Crippen LogP contribution in [0.5, 0.6) is 0 Å². The van der Waals surface area contributed by atoms with Gasteiger partial charge in [0.1, 0.15) is 0 Å². The van der Waals surface area contributed by atoms with Crippen molar-refractivity contribution in [3.8, 4) is 0 Å². The van der Waals surface area contributed by atoms with E-state index in [1.165, 1.54) is 0 Å². The van der Waals surface area contributed by atoms with Crippen LogP contribution in [0.25, 0.3) is 0 Å². The molecule has 1 N–H and O–H groups in total. The topological polar surface area (TPSA) is 64.0 Å². The van der Waals surface area contributed by atoms with Crippen molar-refractivity contribution in [1.29, 1.82) is 0 Å². The summed E-state index contributed by atoms with van der Waals surface area (Å²) >= 11 is 0. The maximum Gasteiger partial charge on any atom is 0.203 e. The van der Waals surface area contributed by atoms with Crippen LogP contribution < -0.4 is 5.32 Å². The van der Waals surface area contributed by atoms with Crippen molar-refractivity contribution in [2.24, 2.45) is 5.92 Å². The zero-order valence-electron chi connectivity index (χ0n) is 11.0. The van der Waals surface area contributed by atoms with Crippen LogP contribution in [-0.4, -0.2) is 36.0 Å². The van der Waals surface area contributed by atoms with Gasteiger partial charge in [-0.3, -0.25) is 0 Å². The van der Waals surface area contributed by atoms with Gasteiger partial charge < -0.3 is 9.88 Å². The highest BCUT2D eigenvalue weighted by atomic mass is 32.2. The standard InChI is InChI=1S/C12H21N3O2S/c1-10(2)8-14-12-13-5-6-15(12)11-4-3-7-18(16,17)9-11/h5-6,10-11H,3-4,7-9H2,1-2H3,(H,13,14). The van der Waals surface area contributed by atoms with Crippen molar-refractivity contribution in [2.45, 2.75) is 32.7 Å². The van der Waals surface area contributed by atoms with E-state index in [2.05, 4.69) is 24.1 Å². The van der Waals surface area contributed by atoms with Crippen molar-refractivity contribution in [3.05, 3.63) is 12.4 Å². The highest BCUT2D eigenvalue weighted by molar-refractivity contribution is 7.91. The molecule has 1 aromatic heterocycles. The molecule has 1 fully saturated rings. The van der Waals surface area contributed by atoms with Gasteiger partial charge in [-0.1, -0.05) is 13.8 Å². The van der Waals surface area contributed by atoms with Gasteiger partial charge in [-0.2, -0.15) is 0 Å². The first-order valence-electron chi connectivity index (χ1n) is 6.45. The zero-order valence-corrected chi connectivity index (χ0v) is 11.8. The van der Waals surface area contributed by atoms with Crippen LogP contribution in [0.15, 0.2) is 12.4 Å². The summed E-state index contributed by atoms with van der Waals surface area (Å²) in [5, 5.41) is 3.27. The van der Waals surface area contributed by atoms with Crippen LogP contribution in [0.1, 0.15) is 32.7 Å². The summed E-state index contributed by atoms with van der Waals surface area (Å²) in [6, 6.07) is 0.0286. The Bertz CT molecular complexity index is 493. The minimum Gasteiger partial charge on any atom is -0.355 e. The number of nitrogens with zero attached hydrogens (tertiary/aromatic N) is 2. The lowest BCUT2D eigenvalue weighted by Gasteiger charge is -2.25. The second-order valence-corrected chi connectivity index (χ2v) is 7.57. The first kappa shape index (κ1) is 13.4. The molecule has 1 saturated heterocycles. The number of hydrogen-bond acceptors (Lipinski definition) is 4. The van der Waals surface area contributed by atoms with Crippen LogP contribution in [0.2, 0.25) is 0 Å². The summed E-state index contributed by atoms with van der Waals surface area (Å²) in [4.78, 5) is 4.27. The third-order valence-corrected chi connectivity index (χ3v) is 4.97. The Morgan fingerprint density at radius 2 is 2.33 bits per heavy atom. The number of sulfone groups is 1. The fraction of sp³-hybridized carbons (Fsp3) is 0.750. The van der Waals surface area contributed by atoms with E-state index in [4.69, 9.17) is 0 Å². The van der Waals surface area contributed by atoms with E-state index in [1.807, 2.05) is 10.8 Å². The highest BCUT2D eigenvalue weighted by Crippen LogP contribution is 2.25. The number of aromatic nitrogens is 2. The summed E-state index contributed by atoms with van der Waals surface area (Å²) in [5.41, 5.74) is 0. The summed E-state index contributed by atoms with van der Waals surface area (Å²) in [7, 11) is -2.88. The first-order valence-corrected chi connectivity index (χ1v) is 8.27. The van der Waals surface area contributed by atoms with Gasteiger partial charge in [-0.15, -0.1) is 0 Å². The summed E-state index contributed by atoms with van der Waals surface area (Å²) in [5.74, 6) is 1.88. The van der Waals surface area contributed by atoms with Crippen LogP contribution in [0.4, 0.5) is 5.95 Å². The predicted octanol–water partition coefficient (Wildman–Crippen LogP) is 1.70. The number of nitrogens with one attached hydrogen (secondary N) is 1. The third-order valence-electron chi connectivity index (χ3n) is 3.17. The molecule has 0 spiro atoms. The van der Waals surface area contributed by atoms with Crippen LogP contribution >= 0.6 is 0 Å². The molecule has 1 atom stereocenters. The second-order valence-electron chi connectivity index (χ2n) is 5.34. The van der Waals surface area contributed by atoms with Gasteiger partial charge in [0.2, 0.25) is 5.95 Å². The van der Waals surface area contributed by atoms with E-state index in [9.17, 15) is 8.42 Å². The Morgan fingerprint density at radius 3 is 3.00 bits per heavy atom. The van der Waals surface area contributed by atoms with Crippen molar-refractivity contribution >= 4 is 15.8 Å². The molecule has 1 aliphatic rings. The molecule has 102 valence electrons. The maximum absolute atomic E-state index is 11.7. The quantitative estimate of drug-likeness (QED) is 0.905. The lowest BCUT2D eigenvalue weighted by atomic mass is 10.2. The van der Waals surface area contributed by atoms with E-state index in [0.29, 0.717) is 11.7 Å². The molecular weight excluding hydrogens is 250 g/mol. The molecule has 2 heterocycles. The van der Waals surface area contributed by atoms with Crippen LogP contribution in [0.3, 0.4) is 0 Å². The van der Waals surface area contributed by atoms with E-state index in [0.717, 1.165) is 25.3 Å². The average Bonchev–Trinajstić information content (AvgIpc) is 2.73. The minimum atomic E-state index is -2.88. The monoisotopic (exact) mass is 271 g/mol. The smallest absolute Gasteiger partial charge is 0.203 e. The first-order chi connectivity index (χ1) is 8.48. The van der Waals surface area contributed by atoms with Crippen LogP contribution in [0, 0.1) is 5.92 Å². The maximum atomic E-state index is 11.7. The summed E-state index contributed by atoms with van der Waals surface area (Å²) < 4.78 is 25.3. The summed E-state index contributed by atoms with van der Waals surface area (Å²) in [6.45, 7) is 5.10. The van der Waals surface area contributed by atoms with Gasteiger partial charge in [-0.25, -0.2) is 13.4 Å². The molecule has 0 bridgehead atoms. The molecule has 1 aliphatic heterocycles. The van der Waals surface area contributed by atoms with Gasteiger partial charge in [0, 0.05) is 18.9 Å². The molecule has 0 amide bonds. The highest BCUT2D eigenvalue weighted by Gasteiger charge is 2.27. The fourth-order valence-electron chi connectivity index (χ4n) is 2.26. The van der Waals surface area contributed by atoms with Gasteiger partial charge >= 0.3 is 0 Å². The van der Waals surface area contributed by atoms with Gasteiger partial charge in [0.25, 0.3) is 0 Å². The fourth-order valence-corrected chi connectivity index (χ4v) is 3.94. The molecule has 5 nitrogen and oxygen atoms in total. The molecule has 0 radical (unpaired) electrons. The van der Waals surface area contributed by atoms with E-state index < -0.39 is 9.84 Å². The van der Waals surface area contributed by atoms with E-state index in [-0.39, 0.29) is 11.8 Å². The summed E-state index contributed by atoms with van der Waals surface area (Å²) in [6.07, 6.45) is 5.25. The number of hydrogen-bond donors (Lipinski definition) is 1. The Hall–Kier alpha value is -1.04. The largest absolute Gasteiger partial charge is 0.355 e. The Balaban J connectivity index is 2.11. The molecule has 6 heteroatoms. The molecule has 2 rings (SSSR count). The Morgan fingerprint density at radius 1 is 1.56 bits per heavy atom. The molecular formula is C12H21N3O2S. The SMILES string of the molecule is CC(C)CNc1nccn1C1CCCS(=O)(=O)C1. The lowest BCUT2D eigenvalue weighted by molar-refractivity contribution is 0.472. The zero-order chi connectivity index (χ0) is 13.2. The van der Waals surface area contributed by atoms with Crippen molar-refractivity contribution in [2.75, 3.05) is 23.4 Å². The van der Waals surface area contributed by atoms with E-state index in [1.54, 1.807) is 6.20 Å². The molecule has 0 aromatic carbocycles. The molecule has 0 saturated carbocycles. The van der Waals surface area contributed by atoms with Crippen molar-refractivity contribution < 1.29 is 8.42 Å². The molecule has 1 aromatic rings. The third kappa shape index (κ3) is 3.25. The van der Waals surface area contributed by atoms with E-state index >= 15 is 0 Å².